The maximum absolute atomic E-state index is 13.2. The van der Waals surface area contributed by atoms with E-state index in [0.717, 1.165) is 89.9 Å². The smallest absolute Gasteiger partial charge is 0.462 e. The summed E-state index contributed by atoms with van der Waals surface area (Å²) in [5.41, 5.74) is 0. The Morgan fingerprint density at radius 1 is 0.211 bits per heavy atom. The summed E-state index contributed by atoms with van der Waals surface area (Å²) in [4.78, 5) is 73.5. The van der Waals surface area contributed by atoms with Gasteiger partial charge in [-0.3, -0.25) is 37.3 Å². The van der Waals surface area contributed by atoms with E-state index >= 15 is 0 Å². The number of carbonyl (C=O) groups excluding carboxylic acids is 4. The van der Waals surface area contributed by atoms with E-state index in [1.54, 1.807) is 0 Å². The molecule has 114 heavy (non-hydrogen) atoms. The van der Waals surface area contributed by atoms with Crippen LogP contribution in [-0.4, -0.2) is 96.7 Å². The Morgan fingerprint density at radius 3 is 0.518 bits per heavy atom. The lowest BCUT2D eigenvalue weighted by atomic mass is 10.0. The summed E-state index contributed by atoms with van der Waals surface area (Å²) < 4.78 is 69.1. The molecule has 0 aliphatic carbocycles. The van der Waals surface area contributed by atoms with Gasteiger partial charge in [-0.1, -0.05) is 477 Å². The van der Waals surface area contributed by atoms with Crippen LogP contribution in [0.1, 0.15) is 529 Å². The number of unbranched alkanes of at least 4 members (excludes halogenated alkanes) is 70. The minimum atomic E-state index is -4.97. The van der Waals surface area contributed by atoms with E-state index in [9.17, 15) is 43.2 Å². The Labute approximate surface area is 702 Å². The van der Waals surface area contributed by atoms with Gasteiger partial charge in [0, 0.05) is 25.7 Å². The summed E-state index contributed by atoms with van der Waals surface area (Å²) in [5, 5.41) is 10.7. The second-order valence-corrected chi connectivity index (χ2v) is 37.0. The van der Waals surface area contributed by atoms with E-state index in [2.05, 4.69) is 27.7 Å². The molecule has 0 aromatic carbocycles. The Hall–Kier alpha value is -1.94. The molecule has 0 aliphatic heterocycles. The van der Waals surface area contributed by atoms with Gasteiger partial charge in [-0.2, -0.15) is 0 Å². The molecule has 2 unspecified atom stereocenters. The van der Waals surface area contributed by atoms with E-state index in [1.165, 1.54) is 360 Å². The van der Waals surface area contributed by atoms with Crippen LogP contribution in [0.4, 0.5) is 0 Å². The summed E-state index contributed by atoms with van der Waals surface area (Å²) in [6, 6.07) is 0. The first-order chi connectivity index (χ1) is 55.7. The van der Waals surface area contributed by atoms with Crippen LogP contribution in [-0.2, 0) is 65.4 Å². The molecule has 0 aromatic rings. The van der Waals surface area contributed by atoms with Crippen molar-refractivity contribution in [2.45, 2.75) is 547 Å². The number of phosphoric acid groups is 2. The quantitative estimate of drug-likeness (QED) is 0.0222. The molecule has 0 saturated carbocycles. The van der Waals surface area contributed by atoms with E-state index in [-0.39, 0.29) is 25.7 Å². The average molecular weight is 1660 g/mol. The van der Waals surface area contributed by atoms with Gasteiger partial charge in [-0.05, 0) is 25.7 Å². The Bertz CT molecular complexity index is 2140. The maximum atomic E-state index is 13.2. The van der Waals surface area contributed by atoms with Crippen LogP contribution >= 0.6 is 15.6 Å². The molecule has 678 valence electrons. The van der Waals surface area contributed by atoms with Crippen LogP contribution in [0.3, 0.4) is 0 Å². The Balaban J connectivity index is 5.19. The number of hydrogen-bond acceptors (Lipinski definition) is 15. The molecular weight excluding hydrogens is 1470 g/mol. The summed E-state index contributed by atoms with van der Waals surface area (Å²) in [6.07, 6.45) is 87.9. The van der Waals surface area contributed by atoms with Gasteiger partial charge in [0.2, 0.25) is 0 Å². The van der Waals surface area contributed by atoms with Gasteiger partial charge in [-0.15, -0.1) is 0 Å². The van der Waals surface area contributed by atoms with Crippen LogP contribution in [0.25, 0.3) is 0 Å². The Morgan fingerprint density at radius 2 is 0.351 bits per heavy atom. The van der Waals surface area contributed by atoms with Crippen molar-refractivity contribution in [3.63, 3.8) is 0 Å². The Kier molecular flexibility index (Phi) is 87.3. The zero-order chi connectivity index (χ0) is 83.1. The predicted molar refractivity (Wildman–Crippen MR) is 474 cm³/mol. The number of esters is 4. The topological polar surface area (TPSA) is 237 Å². The lowest BCUT2D eigenvalue weighted by Crippen LogP contribution is -2.30. The summed E-state index contributed by atoms with van der Waals surface area (Å²) in [6.45, 7) is 5.09. The van der Waals surface area contributed by atoms with Crippen molar-refractivity contribution in [2.24, 2.45) is 0 Å². The highest BCUT2D eigenvalue weighted by Crippen LogP contribution is 2.45. The summed E-state index contributed by atoms with van der Waals surface area (Å²) in [7, 11) is -9.94. The van der Waals surface area contributed by atoms with E-state index in [4.69, 9.17) is 37.0 Å². The lowest BCUT2D eigenvalue weighted by Gasteiger charge is -2.21. The van der Waals surface area contributed by atoms with Gasteiger partial charge in [-0.25, -0.2) is 9.13 Å². The first kappa shape index (κ1) is 112. The van der Waals surface area contributed by atoms with Gasteiger partial charge in [0.1, 0.15) is 19.3 Å². The zero-order valence-corrected chi connectivity index (χ0v) is 76.9. The van der Waals surface area contributed by atoms with Crippen LogP contribution in [0.5, 0.6) is 0 Å². The van der Waals surface area contributed by atoms with Crippen molar-refractivity contribution in [1.29, 1.82) is 0 Å². The first-order valence-corrected chi connectivity index (χ1v) is 52.3. The molecule has 0 saturated heterocycles. The minimum absolute atomic E-state index is 0.110. The highest BCUT2D eigenvalue weighted by molar-refractivity contribution is 7.47. The molecule has 0 radical (unpaired) electrons. The van der Waals surface area contributed by atoms with Crippen molar-refractivity contribution in [2.75, 3.05) is 39.6 Å². The van der Waals surface area contributed by atoms with Crippen molar-refractivity contribution in [1.82, 2.24) is 0 Å². The molecule has 3 N–H and O–H groups in total. The molecule has 5 atom stereocenters. The number of rotatable bonds is 96. The molecule has 0 heterocycles. The highest BCUT2D eigenvalue weighted by atomic mass is 31.2. The van der Waals surface area contributed by atoms with Crippen molar-refractivity contribution in [3.05, 3.63) is 0 Å². The molecular formula is C95H186O17P2. The second-order valence-electron chi connectivity index (χ2n) is 34.1. The molecule has 17 nitrogen and oxygen atoms in total. The number of carbonyl (C=O) groups is 4. The van der Waals surface area contributed by atoms with Gasteiger partial charge in [0.05, 0.1) is 26.4 Å². The first-order valence-electron chi connectivity index (χ1n) is 49.3. The summed E-state index contributed by atoms with van der Waals surface area (Å²) >= 11 is 0. The zero-order valence-electron chi connectivity index (χ0n) is 75.1. The number of hydrogen-bond donors (Lipinski definition) is 3. The molecule has 0 rings (SSSR count). The average Bonchev–Trinajstić information content (AvgIpc) is 0.897. The molecule has 19 heteroatoms. The van der Waals surface area contributed by atoms with E-state index in [1.807, 2.05) is 0 Å². The van der Waals surface area contributed by atoms with Gasteiger partial charge < -0.3 is 33.8 Å². The summed E-state index contributed by atoms with van der Waals surface area (Å²) in [5.74, 6) is -2.09. The van der Waals surface area contributed by atoms with Crippen molar-refractivity contribution < 1.29 is 80.2 Å². The number of aliphatic hydroxyl groups is 1. The lowest BCUT2D eigenvalue weighted by molar-refractivity contribution is -0.161. The molecule has 0 aromatic heterocycles. The largest absolute Gasteiger partial charge is 0.472 e. The second kappa shape index (κ2) is 88.8. The van der Waals surface area contributed by atoms with Gasteiger partial charge in [0.15, 0.2) is 12.2 Å². The fourth-order valence-electron chi connectivity index (χ4n) is 15.1. The van der Waals surface area contributed by atoms with Crippen LogP contribution in [0.2, 0.25) is 0 Å². The fourth-order valence-corrected chi connectivity index (χ4v) is 16.7. The third-order valence-electron chi connectivity index (χ3n) is 22.6. The monoisotopic (exact) mass is 1660 g/mol. The van der Waals surface area contributed by atoms with Gasteiger partial charge in [0.25, 0.3) is 0 Å². The SMILES string of the molecule is CCCCCCCCCCCCCCCCCCCCCCCCC(=O)O[C@H](COC(=O)CCCCCCCCCCCCCCCCCCCCCCC)COP(=O)(O)OC[C@@H](O)COP(=O)(O)OC[C@@H](COC(=O)CCCCCCCCCCCC)OC(=O)CCCCCCCCCCCCCCCCCCCCCCC. The number of aliphatic hydroxyl groups excluding tert-OH is 1. The highest BCUT2D eigenvalue weighted by Gasteiger charge is 2.31. The van der Waals surface area contributed by atoms with Gasteiger partial charge >= 0.3 is 39.5 Å². The molecule has 0 aliphatic rings. The standard InChI is InChI=1S/C95H186O17P2/c1-5-9-13-17-21-25-29-32-35-38-41-44-47-50-53-56-59-62-66-70-74-78-82-95(100)112-91(86-106-93(98)80-76-72-68-64-60-57-54-51-48-45-42-39-36-33-30-26-22-18-14-10-6-2)88-110-114(103,104)108-84-89(96)83-107-113(101,102)109-87-90(85-105-92(97)79-75-71-67-63-28-24-20-16-12-8-4)111-94(99)81-77-73-69-65-61-58-55-52-49-46-43-40-37-34-31-27-23-19-15-11-7-3/h89-91,96H,5-88H2,1-4H3,(H,101,102)(H,103,104)/t89-,90+,91+/m0/s1. The molecule has 0 amide bonds. The van der Waals surface area contributed by atoms with Crippen molar-refractivity contribution in [3.8, 4) is 0 Å². The third-order valence-corrected chi connectivity index (χ3v) is 24.5. The van der Waals surface area contributed by atoms with Crippen molar-refractivity contribution >= 4 is 39.5 Å². The van der Waals surface area contributed by atoms with E-state index < -0.39 is 97.5 Å². The number of ether oxygens (including phenoxy) is 4. The molecule has 0 bridgehead atoms. The third kappa shape index (κ3) is 87.9. The predicted octanol–water partition coefficient (Wildman–Crippen LogP) is 30.0. The minimum Gasteiger partial charge on any atom is -0.462 e. The maximum Gasteiger partial charge on any atom is 0.472 e. The normalized spacial score (nSPS) is 13.6. The number of phosphoric ester groups is 2. The van der Waals surface area contributed by atoms with Crippen LogP contribution < -0.4 is 0 Å². The van der Waals surface area contributed by atoms with Crippen LogP contribution in [0, 0.1) is 0 Å². The fraction of sp³-hybridized carbons (Fsp3) is 0.958. The van der Waals surface area contributed by atoms with Crippen LogP contribution in [0.15, 0.2) is 0 Å². The molecule has 0 fully saturated rings. The van der Waals surface area contributed by atoms with E-state index in [0.29, 0.717) is 25.7 Å². The molecule has 0 spiro atoms.